The van der Waals surface area contributed by atoms with E-state index in [9.17, 15) is 18.0 Å². The zero-order valence-electron chi connectivity index (χ0n) is 13.4. The smallest absolute Gasteiger partial charge is 0.277 e. The van der Waals surface area contributed by atoms with Crippen LogP contribution in [-0.4, -0.2) is 24.9 Å². The third-order valence-corrected chi connectivity index (χ3v) is 3.49. The number of hydrogen-bond donors (Lipinski definition) is 2. The molecule has 1 aliphatic heterocycles. The van der Waals surface area contributed by atoms with Crippen LogP contribution in [0.25, 0.3) is 0 Å². The number of aliphatic imine (C=N–C) groups is 1. The number of benzene rings is 1. The van der Waals surface area contributed by atoms with Crippen LogP contribution in [-0.2, 0) is 4.84 Å². The molecule has 0 saturated heterocycles. The minimum atomic E-state index is -1.71. The monoisotopic (exact) mass is 373 g/mol. The number of anilines is 1. The summed E-state index contributed by atoms with van der Waals surface area (Å²) in [6, 6.07) is 0.580. The Labute approximate surface area is 147 Å². The van der Waals surface area contributed by atoms with Crippen LogP contribution in [0.2, 0.25) is 0 Å². The van der Waals surface area contributed by atoms with Crippen molar-refractivity contribution in [2.45, 2.75) is 13.8 Å². The lowest BCUT2D eigenvalue weighted by atomic mass is 10.1. The number of rotatable bonds is 4. The maximum atomic E-state index is 14.3. The Kier molecular flexibility index (Phi) is 6.22. The minimum absolute atomic E-state index is 0.138. The molecule has 25 heavy (non-hydrogen) atoms. The normalized spacial score (nSPS) is 14.2. The fraction of sp³-hybridized carbons (Fsp3) is 0.250. The van der Waals surface area contributed by atoms with E-state index in [4.69, 9.17) is 16.4 Å². The number of carbonyl (C=O) groups excluding carboxylic acids is 1. The number of carbonyl (C=O) groups is 1. The predicted molar refractivity (Wildman–Crippen MR) is 89.0 cm³/mol. The summed E-state index contributed by atoms with van der Waals surface area (Å²) in [4.78, 5) is 20.9. The molecule has 0 unspecified atom stereocenters. The van der Waals surface area contributed by atoms with Crippen molar-refractivity contribution < 1.29 is 22.8 Å². The third kappa shape index (κ3) is 4.40. The molecular formula is C16H15ClF3N3O2. The van der Waals surface area contributed by atoms with Crippen LogP contribution in [0.1, 0.15) is 24.2 Å². The molecule has 1 heterocycles. The van der Waals surface area contributed by atoms with E-state index in [1.54, 1.807) is 26.0 Å². The average Bonchev–Trinajstić information content (AvgIpc) is 2.73. The van der Waals surface area contributed by atoms with Crippen molar-refractivity contribution in [2.75, 3.05) is 18.5 Å². The number of halogens is 4. The van der Waals surface area contributed by atoms with Crippen molar-refractivity contribution in [3.63, 3.8) is 0 Å². The standard InChI is InChI=1S/C16H15ClF3N3O2/c1-3-25-23-16(24)10-7-11(18)12(19)13(20)14(10)22-15-8(2)6-9(17)4-5-21-15/h4,6-7H,3,5H2,1-2H3,(H,21,22)(H,23,24). The second-order valence-electron chi connectivity index (χ2n) is 5.00. The van der Waals surface area contributed by atoms with E-state index in [2.05, 4.69) is 10.3 Å². The van der Waals surface area contributed by atoms with Gasteiger partial charge in [-0.2, -0.15) is 0 Å². The number of amidine groups is 1. The quantitative estimate of drug-likeness (QED) is 0.625. The third-order valence-electron chi connectivity index (χ3n) is 3.22. The number of hydroxylamine groups is 1. The summed E-state index contributed by atoms with van der Waals surface area (Å²) in [5, 5.41) is 2.97. The summed E-state index contributed by atoms with van der Waals surface area (Å²) in [7, 11) is 0. The maximum Gasteiger partial charge on any atom is 0.277 e. The van der Waals surface area contributed by atoms with Gasteiger partial charge >= 0.3 is 0 Å². The van der Waals surface area contributed by atoms with Crippen LogP contribution in [0.4, 0.5) is 18.9 Å². The van der Waals surface area contributed by atoms with Crippen LogP contribution < -0.4 is 10.8 Å². The lowest BCUT2D eigenvalue weighted by molar-refractivity contribution is 0.0364. The molecule has 2 rings (SSSR count). The lowest BCUT2D eigenvalue weighted by Crippen LogP contribution is -2.27. The number of hydrogen-bond acceptors (Lipinski definition) is 4. The van der Waals surface area contributed by atoms with Gasteiger partial charge in [-0.15, -0.1) is 0 Å². The van der Waals surface area contributed by atoms with Crippen molar-refractivity contribution in [1.82, 2.24) is 5.48 Å². The molecule has 0 spiro atoms. The SMILES string of the molecule is CCONC(=O)c1cc(F)c(F)c(F)c1NC1=NCC=C(Cl)C=C1C. The van der Waals surface area contributed by atoms with Crippen LogP contribution in [0.15, 0.2) is 33.8 Å². The predicted octanol–water partition coefficient (Wildman–Crippen LogP) is 3.68. The summed E-state index contributed by atoms with van der Waals surface area (Å²) in [6.07, 6.45) is 3.18. The first-order valence-corrected chi connectivity index (χ1v) is 7.68. The van der Waals surface area contributed by atoms with Gasteiger partial charge in [0.2, 0.25) is 0 Å². The van der Waals surface area contributed by atoms with Gasteiger partial charge in [0, 0.05) is 5.03 Å². The van der Waals surface area contributed by atoms with E-state index < -0.39 is 34.6 Å². The van der Waals surface area contributed by atoms with Crippen molar-refractivity contribution in [3.05, 3.63) is 51.8 Å². The first-order valence-electron chi connectivity index (χ1n) is 7.30. The Morgan fingerprint density at radius 3 is 2.76 bits per heavy atom. The molecule has 2 N–H and O–H groups in total. The van der Waals surface area contributed by atoms with Crippen molar-refractivity contribution in [1.29, 1.82) is 0 Å². The van der Waals surface area contributed by atoms with E-state index in [0.29, 0.717) is 16.7 Å². The van der Waals surface area contributed by atoms with Gasteiger partial charge in [0.05, 0.1) is 24.4 Å². The number of nitrogens with one attached hydrogen (secondary N) is 2. The Bertz CT molecular complexity index is 791. The Morgan fingerprint density at radius 1 is 1.36 bits per heavy atom. The number of amides is 1. The molecule has 5 nitrogen and oxygen atoms in total. The van der Waals surface area contributed by atoms with E-state index in [-0.39, 0.29) is 19.0 Å². The molecule has 134 valence electrons. The molecule has 1 amide bonds. The Hall–Kier alpha value is -2.32. The van der Waals surface area contributed by atoms with Gasteiger partial charge in [-0.05, 0) is 37.6 Å². The van der Waals surface area contributed by atoms with Gasteiger partial charge < -0.3 is 5.32 Å². The topological polar surface area (TPSA) is 62.7 Å². The highest BCUT2D eigenvalue weighted by molar-refractivity contribution is 6.32. The summed E-state index contributed by atoms with van der Waals surface area (Å²) >= 11 is 5.92. The van der Waals surface area contributed by atoms with Gasteiger partial charge in [0.15, 0.2) is 17.5 Å². The van der Waals surface area contributed by atoms with Gasteiger partial charge in [0.25, 0.3) is 5.91 Å². The minimum Gasteiger partial charge on any atom is -0.337 e. The zero-order chi connectivity index (χ0) is 18.6. The fourth-order valence-electron chi connectivity index (χ4n) is 2.03. The first kappa shape index (κ1) is 19.0. The van der Waals surface area contributed by atoms with Gasteiger partial charge in [-0.3, -0.25) is 14.6 Å². The Morgan fingerprint density at radius 2 is 2.08 bits per heavy atom. The van der Waals surface area contributed by atoms with Gasteiger partial charge in [-0.25, -0.2) is 18.7 Å². The maximum absolute atomic E-state index is 14.3. The van der Waals surface area contributed by atoms with Crippen molar-refractivity contribution in [2.24, 2.45) is 4.99 Å². The van der Waals surface area contributed by atoms with E-state index in [1.165, 1.54) is 0 Å². The second kappa shape index (κ2) is 8.17. The zero-order valence-corrected chi connectivity index (χ0v) is 14.2. The van der Waals surface area contributed by atoms with Crippen molar-refractivity contribution in [3.8, 4) is 0 Å². The molecule has 0 atom stereocenters. The fourth-order valence-corrected chi connectivity index (χ4v) is 2.26. The number of nitrogens with zero attached hydrogens (tertiary/aromatic N) is 1. The molecule has 0 bridgehead atoms. The molecule has 0 aromatic heterocycles. The highest BCUT2D eigenvalue weighted by atomic mass is 35.5. The average molecular weight is 374 g/mol. The van der Waals surface area contributed by atoms with Gasteiger partial charge in [-0.1, -0.05) is 11.6 Å². The van der Waals surface area contributed by atoms with Crippen LogP contribution >= 0.6 is 11.6 Å². The highest BCUT2D eigenvalue weighted by Gasteiger charge is 2.24. The molecule has 0 saturated carbocycles. The first-order chi connectivity index (χ1) is 11.8. The summed E-state index contributed by atoms with van der Waals surface area (Å²) in [5.41, 5.74) is 1.51. The molecule has 1 aliphatic rings. The van der Waals surface area contributed by atoms with Crippen LogP contribution in [0.3, 0.4) is 0 Å². The number of allylic oxidation sites excluding steroid dienone is 2. The molecule has 1 aromatic rings. The lowest BCUT2D eigenvalue weighted by Gasteiger charge is -2.15. The second-order valence-corrected chi connectivity index (χ2v) is 5.44. The summed E-state index contributed by atoms with van der Waals surface area (Å²) < 4.78 is 41.4. The van der Waals surface area contributed by atoms with Crippen LogP contribution in [0, 0.1) is 17.5 Å². The van der Waals surface area contributed by atoms with Gasteiger partial charge in [0.1, 0.15) is 5.84 Å². The largest absolute Gasteiger partial charge is 0.337 e. The molecule has 0 aliphatic carbocycles. The van der Waals surface area contributed by atoms with Crippen molar-refractivity contribution >= 4 is 29.0 Å². The highest BCUT2D eigenvalue weighted by Crippen LogP contribution is 2.26. The Balaban J connectivity index is 2.45. The van der Waals surface area contributed by atoms with E-state index >= 15 is 0 Å². The molecule has 9 heteroatoms. The summed E-state index contributed by atoms with van der Waals surface area (Å²) in [6.45, 7) is 3.59. The van der Waals surface area contributed by atoms with Crippen LogP contribution in [0.5, 0.6) is 0 Å². The molecular weight excluding hydrogens is 359 g/mol. The molecule has 0 fully saturated rings. The molecule has 1 aromatic carbocycles. The van der Waals surface area contributed by atoms with E-state index in [0.717, 1.165) is 0 Å². The molecule has 0 radical (unpaired) electrons. The van der Waals surface area contributed by atoms with E-state index in [1.807, 2.05) is 5.48 Å². The summed E-state index contributed by atoms with van der Waals surface area (Å²) in [5.74, 6) is -5.51.